The van der Waals surface area contributed by atoms with Crippen molar-refractivity contribution < 1.29 is 12.8 Å². The van der Waals surface area contributed by atoms with Gasteiger partial charge in [-0.15, -0.1) is 0 Å². The van der Waals surface area contributed by atoms with Crippen LogP contribution < -0.4 is 10.0 Å². The van der Waals surface area contributed by atoms with E-state index in [-0.39, 0.29) is 4.90 Å². The molecule has 114 valence electrons. The fourth-order valence-corrected chi connectivity index (χ4v) is 3.65. The number of aryl methyl sites for hydroxylation is 2. The van der Waals surface area contributed by atoms with Crippen molar-refractivity contribution >= 4 is 15.7 Å². The highest BCUT2D eigenvalue weighted by Crippen LogP contribution is 2.28. The molecular formula is C14H19N3O3S. The monoisotopic (exact) mass is 309 g/mol. The SMILES string of the molecule is CCNCc1c(C)oc(C)c1S(=O)(=O)Nc1ccncc1. The van der Waals surface area contributed by atoms with Gasteiger partial charge < -0.3 is 9.73 Å². The normalized spacial score (nSPS) is 11.6. The molecule has 0 bridgehead atoms. The van der Waals surface area contributed by atoms with Gasteiger partial charge in [0.25, 0.3) is 10.0 Å². The van der Waals surface area contributed by atoms with E-state index in [1.807, 2.05) is 6.92 Å². The van der Waals surface area contributed by atoms with Gasteiger partial charge in [0.1, 0.15) is 16.4 Å². The molecule has 0 aromatic carbocycles. The average Bonchev–Trinajstić information content (AvgIpc) is 2.72. The molecule has 0 unspecified atom stereocenters. The van der Waals surface area contributed by atoms with E-state index in [9.17, 15) is 8.42 Å². The molecule has 2 heterocycles. The van der Waals surface area contributed by atoms with Crippen LogP contribution in [0.15, 0.2) is 33.8 Å². The summed E-state index contributed by atoms with van der Waals surface area (Å²) in [6.45, 7) is 6.59. The van der Waals surface area contributed by atoms with Crippen LogP contribution in [-0.2, 0) is 16.6 Å². The number of sulfonamides is 1. The third-order valence-electron chi connectivity index (χ3n) is 3.08. The summed E-state index contributed by atoms with van der Waals surface area (Å²) in [6.07, 6.45) is 3.07. The first-order valence-corrected chi connectivity index (χ1v) is 8.16. The minimum absolute atomic E-state index is 0.206. The van der Waals surface area contributed by atoms with Crippen molar-refractivity contribution in [2.45, 2.75) is 32.2 Å². The molecule has 0 amide bonds. The van der Waals surface area contributed by atoms with Crippen LogP contribution in [0.3, 0.4) is 0 Å². The van der Waals surface area contributed by atoms with E-state index in [0.717, 1.165) is 6.54 Å². The van der Waals surface area contributed by atoms with Crippen molar-refractivity contribution in [1.29, 1.82) is 0 Å². The largest absolute Gasteiger partial charge is 0.465 e. The summed E-state index contributed by atoms with van der Waals surface area (Å²) in [6, 6.07) is 3.20. The molecule has 2 N–H and O–H groups in total. The van der Waals surface area contributed by atoms with Crippen LogP contribution in [0.1, 0.15) is 24.0 Å². The van der Waals surface area contributed by atoms with E-state index >= 15 is 0 Å². The van der Waals surface area contributed by atoms with Gasteiger partial charge in [-0.25, -0.2) is 8.42 Å². The van der Waals surface area contributed by atoms with Gasteiger partial charge in [-0.1, -0.05) is 6.92 Å². The van der Waals surface area contributed by atoms with Crippen LogP contribution in [-0.4, -0.2) is 19.9 Å². The van der Waals surface area contributed by atoms with Crippen LogP contribution in [0, 0.1) is 13.8 Å². The Kier molecular flexibility index (Phi) is 4.64. The molecule has 2 rings (SSSR count). The van der Waals surface area contributed by atoms with E-state index in [1.54, 1.807) is 26.0 Å². The maximum Gasteiger partial charge on any atom is 0.265 e. The van der Waals surface area contributed by atoms with Crippen LogP contribution in [0.25, 0.3) is 0 Å². The number of aromatic nitrogens is 1. The molecule has 2 aromatic heterocycles. The molecule has 0 saturated heterocycles. The van der Waals surface area contributed by atoms with Gasteiger partial charge >= 0.3 is 0 Å². The number of hydrogen-bond donors (Lipinski definition) is 2. The highest BCUT2D eigenvalue weighted by Gasteiger charge is 2.26. The Bertz CT molecular complexity index is 709. The molecular weight excluding hydrogens is 290 g/mol. The number of nitrogens with one attached hydrogen (secondary N) is 2. The number of nitrogens with zero attached hydrogens (tertiary/aromatic N) is 1. The molecule has 0 aliphatic rings. The lowest BCUT2D eigenvalue weighted by Crippen LogP contribution is -2.19. The molecule has 0 spiro atoms. The molecule has 0 radical (unpaired) electrons. The van der Waals surface area contributed by atoms with Crippen LogP contribution >= 0.6 is 0 Å². The summed E-state index contributed by atoms with van der Waals surface area (Å²) in [5.41, 5.74) is 1.13. The topological polar surface area (TPSA) is 84.2 Å². The van der Waals surface area contributed by atoms with Crippen LogP contribution in [0.5, 0.6) is 0 Å². The van der Waals surface area contributed by atoms with Crippen molar-refractivity contribution in [1.82, 2.24) is 10.3 Å². The Morgan fingerprint density at radius 1 is 1.19 bits per heavy atom. The maximum absolute atomic E-state index is 12.6. The second-order valence-corrected chi connectivity index (χ2v) is 6.26. The Labute approximate surface area is 124 Å². The Balaban J connectivity index is 2.40. The van der Waals surface area contributed by atoms with Crippen molar-refractivity contribution in [2.75, 3.05) is 11.3 Å². The predicted octanol–water partition coefficient (Wildman–Crippen LogP) is 2.20. The summed E-state index contributed by atoms with van der Waals surface area (Å²) in [5.74, 6) is 1.01. The zero-order valence-electron chi connectivity index (χ0n) is 12.3. The van der Waals surface area contributed by atoms with E-state index in [4.69, 9.17) is 4.42 Å². The van der Waals surface area contributed by atoms with Crippen LogP contribution in [0.4, 0.5) is 5.69 Å². The highest BCUT2D eigenvalue weighted by atomic mass is 32.2. The number of rotatable bonds is 6. The Morgan fingerprint density at radius 2 is 1.86 bits per heavy atom. The minimum atomic E-state index is -3.70. The molecule has 0 atom stereocenters. The van der Waals surface area contributed by atoms with Crippen LogP contribution in [0.2, 0.25) is 0 Å². The van der Waals surface area contributed by atoms with Crippen molar-refractivity contribution in [2.24, 2.45) is 0 Å². The first kappa shape index (κ1) is 15.5. The lowest BCUT2D eigenvalue weighted by atomic mass is 10.2. The summed E-state index contributed by atoms with van der Waals surface area (Å²) < 4.78 is 33.2. The molecule has 0 fully saturated rings. The quantitative estimate of drug-likeness (QED) is 0.854. The van der Waals surface area contributed by atoms with Gasteiger partial charge in [0.2, 0.25) is 0 Å². The van der Waals surface area contributed by atoms with Crippen molar-refractivity contribution in [3.63, 3.8) is 0 Å². The molecule has 0 aliphatic carbocycles. The number of furan rings is 1. The molecule has 7 heteroatoms. The van der Waals surface area contributed by atoms with Gasteiger partial charge in [0, 0.05) is 24.5 Å². The first-order chi connectivity index (χ1) is 9.95. The fourth-order valence-electron chi connectivity index (χ4n) is 2.14. The second-order valence-electron chi connectivity index (χ2n) is 4.64. The van der Waals surface area contributed by atoms with E-state index in [0.29, 0.717) is 29.3 Å². The zero-order valence-corrected chi connectivity index (χ0v) is 13.1. The van der Waals surface area contributed by atoms with Gasteiger partial charge in [0.15, 0.2) is 0 Å². The number of anilines is 1. The summed E-state index contributed by atoms with van der Waals surface area (Å²) >= 11 is 0. The molecule has 6 nitrogen and oxygen atoms in total. The Hall–Kier alpha value is -1.86. The molecule has 0 saturated carbocycles. The number of pyridine rings is 1. The van der Waals surface area contributed by atoms with E-state index in [2.05, 4.69) is 15.0 Å². The molecule has 21 heavy (non-hydrogen) atoms. The molecule has 2 aromatic rings. The van der Waals surface area contributed by atoms with Gasteiger partial charge in [0.05, 0.1) is 5.69 Å². The zero-order chi connectivity index (χ0) is 15.5. The minimum Gasteiger partial charge on any atom is -0.465 e. The Morgan fingerprint density at radius 3 is 2.48 bits per heavy atom. The maximum atomic E-state index is 12.6. The third-order valence-corrected chi connectivity index (χ3v) is 4.65. The fraction of sp³-hybridized carbons (Fsp3) is 0.357. The van der Waals surface area contributed by atoms with E-state index < -0.39 is 10.0 Å². The smallest absolute Gasteiger partial charge is 0.265 e. The number of hydrogen-bond acceptors (Lipinski definition) is 5. The summed E-state index contributed by atoms with van der Waals surface area (Å²) in [4.78, 5) is 4.07. The second kappa shape index (κ2) is 6.28. The molecule has 0 aliphatic heterocycles. The van der Waals surface area contributed by atoms with Gasteiger partial charge in [-0.2, -0.15) is 0 Å². The lowest BCUT2D eigenvalue weighted by molar-refractivity contribution is 0.493. The highest BCUT2D eigenvalue weighted by molar-refractivity contribution is 7.92. The van der Waals surface area contributed by atoms with Gasteiger partial charge in [-0.05, 0) is 32.5 Å². The van der Waals surface area contributed by atoms with Crippen molar-refractivity contribution in [3.8, 4) is 0 Å². The van der Waals surface area contributed by atoms with E-state index in [1.165, 1.54) is 12.4 Å². The predicted molar refractivity (Wildman–Crippen MR) is 80.6 cm³/mol. The lowest BCUT2D eigenvalue weighted by Gasteiger charge is -2.09. The van der Waals surface area contributed by atoms with Crippen molar-refractivity contribution in [3.05, 3.63) is 41.6 Å². The average molecular weight is 309 g/mol. The third kappa shape index (κ3) is 3.43. The first-order valence-electron chi connectivity index (χ1n) is 6.68. The standard InChI is InChI=1S/C14H19N3O3S/c1-4-15-9-13-10(2)20-11(3)14(13)21(18,19)17-12-5-7-16-8-6-12/h5-8,15H,4,9H2,1-3H3,(H,16,17). The van der Waals surface area contributed by atoms with Gasteiger partial charge in [-0.3, -0.25) is 9.71 Å². The summed E-state index contributed by atoms with van der Waals surface area (Å²) in [5, 5.41) is 3.13. The summed E-state index contributed by atoms with van der Waals surface area (Å²) in [7, 11) is -3.70.